The number of nitrogens with zero attached hydrogens (tertiary/aromatic N) is 5. The van der Waals surface area contributed by atoms with Crippen LogP contribution in [0.2, 0.25) is 0 Å². The molecular formula is C21H29N8O8P. The standard InChI is InChI=1S/C21H29N8O8P/c1-11(17(31)34-4)27-38(33,36-12-8-6-5-7-9-12)37-18-14(30)21(2,32)19(35-18)29-10-24-13-15(28(3)23)25-20(22)26-16(13)29/h5-11,14,18-19,30,32H,23H2,1-4H3,(H,27,33)(H2,22,25,26)/t11-,14?,18?,19+,21+,38?/m0/s1. The van der Waals surface area contributed by atoms with E-state index in [1.807, 2.05) is 0 Å². The van der Waals surface area contributed by atoms with Gasteiger partial charge in [-0.3, -0.25) is 18.9 Å². The van der Waals surface area contributed by atoms with Crippen LogP contribution in [0.3, 0.4) is 0 Å². The highest BCUT2D eigenvalue weighted by Crippen LogP contribution is 2.51. The SMILES string of the molecule is COC(=O)[C@H](C)NP(=O)(Oc1ccccc1)OC1O[C@@H](n2cnc3c(N(C)N)nc(N)nc32)[C@](C)(O)C1O. The molecule has 0 aliphatic carbocycles. The van der Waals surface area contributed by atoms with Gasteiger partial charge in [0, 0.05) is 7.05 Å². The fourth-order valence-corrected chi connectivity index (χ4v) is 5.40. The molecule has 3 unspecified atom stereocenters. The van der Waals surface area contributed by atoms with Gasteiger partial charge in [-0.25, -0.2) is 15.4 Å². The number of methoxy groups -OCH3 is 1. The molecule has 16 nitrogen and oxygen atoms in total. The number of aliphatic hydroxyl groups excluding tert-OH is 1. The van der Waals surface area contributed by atoms with E-state index in [9.17, 15) is 19.6 Å². The van der Waals surface area contributed by atoms with Crippen LogP contribution in [0.1, 0.15) is 20.1 Å². The van der Waals surface area contributed by atoms with Gasteiger partial charge in [0.2, 0.25) is 12.2 Å². The number of carbonyl (C=O) groups excluding carboxylic acids is 1. The summed E-state index contributed by atoms with van der Waals surface area (Å²) in [6.07, 6.45) is -3.50. The van der Waals surface area contributed by atoms with Gasteiger partial charge in [-0.05, 0) is 26.0 Å². The lowest BCUT2D eigenvalue weighted by atomic mass is 9.99. The van der Waals surface area contributed by atoms with Crippen molar-refractivity contribution in [2.75, 3.05) is 24.9 Å². The van der Waals surface area contributed by atoms with E-state index in [1.54, 1.807) is 18.2 Å². The van der Waals surface area contributed by atoms with E-state index >= 15 is 0 Å². The number of hydrogen-bond acceptors (Lipinski definition) is 14. The molecule has 0 saturated carbocycles. The number of benzene rings is 1. The third-order valence-corrected chi connectivity index (χ3v) is 7.38. The second-order valence-electron chi connectivity index (χ2n) is 8.75. The van der Waals surface area contributed by atoms with Gasteiger partial charge < -0.3 is 29.9 Å². The maximum Gasteiger partial charge on any atom is 0.461 e. The summed E-state index contributed by atoms with van der Waals surface area (Å²) in [4.78, 5) is 24.5. The highest BCUT2D eigenvalue weighted by Gasteiger charge is 2.56. The van der Waals surface area contributed by atoms with Crippen LogP contribution in [-0.4, -0.2) is 73.9 Å². The van der Waals surface area contributed by atoms with Crippen molar-refractivity contribution in [3.8, 4) is 5.75 Å². The normalized spacial score (nSPS) is 25.6. The first-order valence-electron chi connectivity index (χ1n) is 11.3. The van der Waals surface area contributed by atoms with Crippen LogP contribution in [0.4, 0.5) is 11.8 Å². The molecule has 17 heteroatoms. The summed E-state index contributed by atoms with van der Waals surface area (Å²) >= 11 is 0. The number of ether oxygens (including phenoxy) is 2. The first-order valence-corrected chi connectivity index (χ1v) is 12.8. The van der Waals surface area contributed by atoms with Crippen molar-refractivity contribution < 1.29 is 38.1 Å². The third kappa shape index (κ3) is 5.28. The fraction of sp³-hybridized carbons (Fsp3) is 0.429. The maximum absolute atomic E-state index is 13.8. The number of aliphatic hydroxyl groups is 2. The van der Waals surface area contributed by atoms with Crippen LogP contribution < -0.4 is 26.2 Å². The summed E-state index contributed by atoms with van der Waals surface area (Å²) in [5.74, 6) is 5.30. The number of imidazole rings is 1. The summed E-state index contributed by atoms with van der Waals surface area (Å²) in [7, 11) is -1.74. The summed E-state index contributed by atoms with van der Waals surface area (Å²) < 4.78 is 36.8. The number of hydrazine groups is 1. The molecular weight excluding hydrogens is 523 g/mol. The molecule has 1 saturated heterocycles. The van der Waals surface area contributed by atoms with E-state index < -0.39 is 44.0 Å². The smallest absolute Gasteiger partial charge is 0.461 e. The predicted octanol–water partition coefficient (Wildman–Crippen LogP) is 0.0400. The average Bonchev–Trinajstić information content (AvgIpc) is 3.36. The zero-order valence-electron chi connectivity index (χ0n) is 21.0. The summed E-state index contributed by atoms with van der Waals surface area (Å²) in [5.41, 5.74) is 4.20. The quantitative estimate of drug-likeness (QED) is 0.102. The van der Waals surface area contributed by atoms with E-state index in [-0.39, 0.29) is 28.7 Å². The Balaban J connectivity index is 1.67. The highest BCUT2D eigenvalue weighted by atomic mass is 31.2. The minimum Gasteiger partial charge on any atom is -0.468 e. The molecule has 4 rings (SSSR count). The van der Waals surface area contributed by atoms with Gasteiger partial charge >= 0.3 is 13.7 Å². The topological polar surface area (TPSA) is 222 Å². The molecule has 0 bridgehead atoms. The van der Waals surface area contributed by atoms with E-state index in [2.05, 4.69) is 24.8 Å². The van der Waals surface area contributed by atoms with Crippen molar-refractivity contribution in [3.63, 3.8) is 0 Å². The Morgan fingerprint density at radius 3 is 2.66 bits per heavy atom. The Labute approximate surface area is 217 Å². The molecule has 6 atom stereocenters. The van der Waals surface area contributed by atoms with Crippen molar-refractivity contribution >= 4 is 36.6 Å². The number of carbonyl (C=O) groups is 1. The van der Waals surface area contributed by atoms with Gasteiger partial charge in [0.15, 0.2) is 23.2 Å². The van der Waals surface area contributed by atoms with Gasteiger partial charge in [0.25, 0.3) is 0 Å². The van der Waals surface area contributed by atoms with Gasteiger partial charge in [0.05, 0.1) is 13.4 Å². The predicted molar refractivity (Wildman–Crippen MR) is 133 cm³/mol. The van der Waals surface area contributed by atoms with Crippen molar-refractivity contribution in [2.45, 2.75) is 44.1 Å². The van der Waals surface area contributed by atoms with Crippen LogP contribution in [0, 0.1) is 0 Å². The molecule has 2 aromatic heterocycles. The largest absolute Gasteiger partial charge is 0.468 e. The minimum atomic E-state index is -4.43. The third-order valence-electron chi connectivity index (χ3n) is 5.74. The van der Waals surface area contributed by atoms with Crippen LogP contribution in [0.25, 0.3) is 11.2 Å². The number of hydrogen-bond donors (Lipinski definition) is 5. The van der Waals surface area contributed by atoms with Crippen LogP contribution >= 0.6 is 7.75 Å². The van der Waals surface area contributed by atoms with Crippen molar-refractivity contribution in [2.24, 2.45) is 5.84 Å². The first-order chi connectivity index (χ1) is 17.9. The van der Waals surface area contributed by atoms with Crippen molar-refractivity contribution in [1.82, 2.24) is 24.6 Å². The number of anilines is 2. The molecule has 3 heterocycles. The second-order valence-corrected chi connectivity index (χ2v) is 10.4. The molecule has 38 heavy (non-hydrogen) atoms. The lowest BCUT2D eigenvalue weighted by Crippen LogP contribution is -2.44. The minimum absolute atomic E-state index is 0.126. The number of aromatic nitrogens is 4. The van der Waals surface area contributed by atoms with E-state index in [0.717, 1.165) is 7.11 Å². The molecule has 1 aliphatic heterocycles. The van der Waals surface area contributed by atoms with E-state index in [1.165, 1.54) is 48.9 Å². The molecule has 206 valence electrons. The number of esters is 1. The molecule has 7 N–H and O–H groups in total. The number of nitrogen functional groups attached to an aromatic ring is 1. The zero-order valence-corrected chi connectivity index (χ0v) is 21.8. The van der Waals surface area contributed by atoms with Gasteiger partial charge in [-0.1, -0.05) is 18.2 Å². The van der Waals surface area contributed by atoms with Crippen molar-refractivity contribution in [3.05, 3.63) is 36.7 Å². The Hall–Kier alpha value is -3.37. The van der Waals surface area contributed by atoms with Gasteiger partial charge in [-0.15, -0.1) is 0 Å². The van der Waals surface area contributed by atoms with Crippen LogP contribution in [0.5, 0.6) is 5.75 Å². The summed E-state index contributed by atoms with van der Waals surface area (Å²) in [6.45, 7) is 2.67. The number of rotatable bonds is 9. The molecule has 0 radical (unpaired) electrons. The second kappa shape index (κ2) is 10.4. The Morgan fingerprint density at radius 2 is 2.03 bits per heavy atom. The number of para-hydroxylation sites is 1. The average molecular weight is 552 g/mol. The highest BCUT2D eigenvalue weighted by molar-refractivity contribution is 7.52. The molecule has 0 amide bonds. The van der Waals surface area contributed by atoms with Crippen LogP contribution in [0.15, 0.2) is 36.7 Å². The van der Waals surface area contributed by atoms with Crippen molar-refractivity contribution in [1.29, 1.82) is 0 Å². The van der Waals surface area contributed by atoms with Gasteiger partial charge in [-0.2, -0.15) is 15.1 Å². The van der Waals surface area contributed by atoms with Crippen LogP contribution in [-0.2, 0) is 23.4 Å². The van der Waals surface area contributed by atoms with E-state index in [0.29, 0.717) is 0 Å². The molecule has 0 spiro atoms. The summed E-state index contributed by atoms with van der Waals surface area (Å²) in [6, 6.07) is 6.88. The molecule has 1 fully saturated rings. The lowest BCUT2D eigenvalue weighted by Gasteiger charge is -2.27. The lowest BCUT2D eigenvalue weighted by molar-refractivity contribution is -0.143. The zero-order chi connectivity index (χ0) is 27.8. The van der Waals surface area contributed by atoms with Gasteiger partial charge in [0.1, 0.15) is 23.5 Å². The number of nitrogens with one attached hydrogen (secondary N) is 1. The Bertz CT molecular complexity index is 1350. The Kier molecular flexibility index (Phi) is 7.58. The maximum atomic E-state index is 13.8. The number of fused-ring (bicyclic) bond motifs is 1. The first kappa shape index (κ1) is 27.7. The Morgan fingerprint density at radius 1 is 1.34 bits per heavy atom. The number of nitrogens with two attached hydrogens (primary N) is 2. The monoisotopic (exact) mass is 552 g/mol. The molecule has 1 aliphatic rings. The molecule has 1 aromatic carbocycles. The summed E-state index contributed by atoms with van der Waals surface area (Å²) in [5, 5.41) is 25.8. The fourth-order valence-electron chi connectivity index (χ4n) is 3.83. The van der Waals surface area contributed by atoms with E-state index in [4.69, 9.17) is 25.4 Å². The molecule has 3 aromatic rings.